The van der Waals surface area contributed by atoms with E-state index in [-0.39, 0.29) is 72.3 Å². The van der Waals surface area contributed by atoms with Crippen LogP contribution < -0.4 is 0 Å². The molecular formula is C22H24N10O8S4. The Morgan fingerprint density at radius 3 is 1.25 bits per heavy atom. The summed E-state index contributed by atoms with van der Waals surface area (Å²) < 4.78 is 31.6. The van der Waals surface area contributed by atoms with Gasteiger partial charge in [-0.25, -0.2) is 28.5 Å². The summed E-state index contributed by atoms with van der Waals surface area (Å²) in [5, 5.41) is 24.4. The maximum absolute atomic E-state index is 12.7. The highest BCUT2D eigenvalue weighted by Crippen LogP contribution is 2.36. The SMILES string of the molecule is CCOC(=O)c1nnsc1Sc1c(C(=O)OCC)nnn1CCn1nnc(C(=O)OCC)c1Sc1snnc1C(=O)OCC. The number of aryl methyl sites for hydroxylation is 2. The predicted octanol–water partition coefficient (Wildman–Crippen LogP) is 2.28. The summed E-state index contributed by atoms with van der Waals surface area (Å²) >= 11 is 3.86. The van der Waals surface area contributed by atoms with Gasteiger partial charge >= 0.3 is 23.9 Å². The third kappa shape index (κ3) is 7.54. The summed E-state index contributed by atoms with van der Waals surface area (Å²) in [6.45, 7) is 7.24. The molecule has 18 nitrogen and oxygen atoms in total. The maximum atomic E-state index is 12.7. The number of carbonyl (C=O) groups is 4. The Labute approximate surface area is 265 Å². The number of nitrogens with zero attached hydrogens (tertiary/aromatic N) is 10. The third-order valence-corrected chi connectivity index (χ3v) is 9.02. The summed E-state index contributed by atoms with van der Waals surface area (Å²) in [6, 6.07) is 0. The molecule has 0 bridgehead atoms. The fourth-order valence-corrected chi connectivity index (χ4v) is 6.76. The fourth-order valence-electron chi connectivity index (χ4n) is 3.27. The molecule has 0 aliphatic heterocycles. The molecule has 44 heavy (non-hydrogen) atoms. The van der Waals surface area contributed by atoms with Crippen LogP contribution in [0.4, 0.5) is 0 Å². The van der Waals surface area contributed by atoms with Crippen molar-refractivity contribution in [1.29, 1.82) is 0 Å². The van der Waals surface area contributed by atoms with Gasteiger partial charge in [0.25, 0.3) is 0 Å². The van der Waals surface area contributed by atoms with Gasteiger partial charge in [-0.3, -0.25) is 0 Å². The van der Waals surface area contributed by atoms with Crippen molar-refractivity contribution in [2.45, 2.75) is 59.3 Å². The molecule has 0 unspecified atom stereocenters. The van der Waals surface area contributed by atoms with Crippen molar-refractivity contribution in [1.82, 2.24) is 49.2 Å². The average molecular weight is 685 g/mol. The van der Waals surface area contributed by atoms with E-state index in [2.05, 4.69) is 39.8 Å². The van der Waals surface area contributed by atoms with Gasteiger partial charge in [0.05, 0.1) is 39.5 Å². The normalized spacial score (nSPS) is 10.9. The molecule has 0 saturated heterocycles. The van der Waals surface area contributed by atoms with E-state index in [0.717, 1.165) is 46.6 Å². The number of rotatable bonds is 15. The molecule has 0 aliphatic rings. The van der Waals surface area contributed by atoms with Gasteiger partial charge in [-0.1, -0.05) is 42.9 Å². The van der Waals surface area contributed by atoms with Crippen molar-refractivity contribution in [3.63, 3.8) is 0 Å². The highest BCUT2D eigenvalue weighted by atomic mass is 32.2. The highest BCUT2D eigenvalue weighted by Gasteiger charge is 2.29. The Hall–Kier alpha value is -4.02. The lowest BCUT2D eigenvalue weighted by Gasteiger charge is -2.09. The van der Waals surface area contributed by atoms with Crippen molar-refractivity contribution in [3.8, 4) is 0 Å². The van der Waals surface area contributed by atoms with Crippen molar-refractivity contribution in [2.75, 3.05) is 26.4 Å². The summed E-state index contributed by atoms with van der Waals surface area (Å²) in [5.41, 5.74) is -0.214. The molecule has 0 saturated carbocycles. The van der Waals surface area contributed by atoms with Crippen LogP contribution in [-0.4, -0.2) is 99.5 Å². The molecule has 0 fully saturated rings. The highest BCUT2D eigenvalue weighted by molar-refractivity contribution is 8.01. The third-order valence-electron chi connectivity index (χ3n) is 5.07. The lowest BCUT2D eigenvalue weighted by Crippen LogP contribution is -2.14. The van der Waals surface area contributed by atoms with E-state index < -0.39 is 23.9 Å². The molecule has 234 valence electrons. The van der Waals surface area contributed by atoms with Gasteiger partial charge in [0, 0.05) is 0 Å². The molecule has 0 amide bonds. The average Bonchev–Trinajstić information content (AvgIpc) is 3.80. The summed E-state index contributed by atoms with van der Waals surface area (Å²) in [4.78, 5) is 50.2. The molecule has 4 heterocycles. The summed E-state index contributed by atoms with van der Waals surface area (Å²) in [5.74, 6) is -2.78. The molecule has 0 atom stereocenters. The van der Waals surface area contributed by atoms with Crippen molar-refractivity contribution in [2.24, 2.45) is 0 Å². The first kappa shape index (κ1) is 32.9. The molecule has 0 aliphatic carbocycles. The first-order valence-corrected chi connectivity index (χ1v) is 16.1. The molecule has 0 radical (unpaired) electrons. The smallest absolute Gasteiger partial charge is 0.361 e. The van der Waals surface area contributed by atoms with Gasteiger partial charge in [-0.15, -0.1) is 20.4 Å². The van der Waals surface area contributed by atoms with Crippen LogP contribution in [0.1, 0.15) is 69.6 Å². The quantitative estimate of drug-likeness (QED) is 0.129. The zero-order valence-electron chi connectivity index (χ0n) is 23.6. The van der Waals surface area contributed by atoms with Crippen LogP contribution in [0.3, 0.4) is 0 Å². The number of esters is 4. The van der Waals surface area contributed by atoms with E-state index in [1.54, 1.807) is 27.7 Å². The molecule has 22 heteroatoms. The van der Waals surface area contributed by atoms with Crippen LogP contribution in [0, 0.1) is 0 Å². The second-order valence-electron chi connectivity index (χ2n) is 7.84. The zero-order valence-corrected chi connectivity index (χ0v) is 26.9. The summed E-state index contributed by atoms with van der Waals surface area (Å²) in [7, 11) is 0. The number of carbonyl (C=O) groups excluding carboxylic acids is 4. The first-order chi connectivity index (χ1) is 21.3. The Balaban J connectivity index is 1.66. The van der Waals surface area contributed by atoms with Crippen LogP contribution in [0.25, 0.3) is 0 Å². The van der Waals surface area contributed by atoms with Crippen LogP contribution in [0.15, 0.2) is 18.5 Å². The predicted molar refractivity (Wildman–Crippen MR) is 152 cm³/mol. The van der Waals surface area contributed by atoms with E-state index in [1.165, 1.54) is 9.36 Å². The lowest BCUT2D eigenvalue weighted by atomic mass is 10.4. The Bertz CT molecular complexity index is 1520. The minimum Gasteiger partial charge on any atom is -0.461 e. The Morgan fingerprint density at radius 1 is 0.568 bits per heavy atom. The van der Waals surface area contributed by atoms with E-state index in [4.69, 9.17) is 18.9 Å². The number of hydrogen-bond acceptors (Lipinski definition) is 20. The molecule has 4 aromatic heterocycles. The molecule has 0 N–H and O–H groups in total. The number of ether oxygens (including phenoxy) is 4. The van der Waals surface area contributed by atoms with Crippen LogP contribution in [0.2, 0.25) is 0 Å². The van der Waals surface area contributed by atoms with E-state index in [1.807, 2.05) is 0 Å². The first-order valence-electron chi connectivity index (χ1n) is 12.9. The van der Waals surface area contributed by atoms with Gasteiger partial charge < -0.3 is 18.9 Å². The lowest BCUT2D eigenvalue weighted by molar-refractivity contribution is 0.0504. The van der Waals surface area contributed by atoms with Crippen molar-refractivity contribution < 1.29 is 38.1 Å². The second kappa shape index (κ2) is 15.6. The Morgan fingerprint density at radius 2 is 0.909 bits per heavy atom. The van der Waals surface area contributed by atoms with Crippen molar-refractivity contribution >= 4 is 70.5 Å². The topological polar surface area (TPSA) is 218 Å². The van der Waals surface area contributed by atoms with Crippen LogP contribution >= 0.6 is 46.6 Å². The van der Waals surface area contributed by atoms with Crippen molar-refractivity contribution in [3.05, 3.63) is 22.8 Å². The molecular weight excluding hydrogens is 661 g/mol. The number of aromatic nitrogens is 10. The van der Waals surface area contributed by atoms with E-state index >= 15 is 0 Å². The number of hydrogen-bond donors (Lipinski definition) is 0. The Kier molecular flexibility index (Phi) is 11.7. The van der Waals surface area contributed by atoms with E-state index in [0.29, 0.717) is 8.42 Å². The van der Waals surface area contributed by atoms with Gasteiger partial charge in [-0.2, -0.15) is 0 Å². The zero-order chi connectivity index (χ0) is 31.6. The largest absolute Gasteiger partial charge is 0.461 e. The van der Waals surface area contributed by atoms with Gasteiger partial charge in [0.1, 0.15) is 18.5 Å². The van der Waals surface area contributed by atoms with Gasteiger partial charge in [0.2, 0.25) is 11.4 Å². The van der Waals surface area contributed by atoms with E-state index in [9.17, 15) is 19.2 Å². The maximum Gasteiger partial charge on any atom is 0.361 e. The second-order valence-corrected chi connectivity index (χ2v) is 11.9. The molecule has 0 aromatic carbocycles. The molecule has 4 aromatic rings. The van der Waals surface area contributed by atoms with Crippen LogP contribution in [-0.2, 0) is 32.0 Å². The van der Waals surface area contributed by atoms with Gasteiger partial charge in [-0.05, 0) is 50.8 Å². The van der Waals surface area contributed by atoms with Gasteiger partial charge in [0.15, 0.2) is 11.4 Å². The standard InChI is InChI=1S/C22H24N10O8S4/c1-5-37-17(33)11-15(41-21-13(25-29-43-21)19(35)39-7-3)31(27-23-11)9-10-32-16(12(24-28-32)18(34)38-6-2)42-22-14(26-30-44-22)20(36)40-8-4/h5-10H2,1-4H3. The van der Waals surface area contributed by atoms with Crippen LogP contribution in [0.5, 0.6) is 0 Å². The minimum absolute atomic E-state index is 0.0194. The minimum atomic E-state index is -0.720. The molecule has 4 rings (SSSR count). The summed E-state index contributed by atoms with van der Waals surface area (Å²) in [6.07, 6.45) is 0. The molecule has 0 spiro atoms. The fraction of sp³-hybridized carbons (Fsp3) is 0.455. The monoisotopic (exact) mass is 684 g/mol.